The molecule has 6 heteroatoms. The molecule has 0 radical (unpaired) electrons. The Balaban J connectivity index is 1.93. The Morgan fingerprint density at radius 1 is 1.32 bits per heavy atom. The minimum Gasteiger partial charge on any atom is -0.486 e. The second kappa shape index (κ2) is 7.14. The number of ether oxygens (including phenoxy) is 3. The Hall–Kier alpha value is -0.000000000000000111. The summed E-state index contributed by atoms with van der Waals surface area (Å²) in [6, 6.07) is 5.18. The van der Waals surface area contributed by atoms with Gasteiger partial charge in [0.1, 0.15) is 18.0 Å². The first-order valence-electron chi connectivity index (χ1n) is 5.98. The third kappa shape index (κ3) is 3.99. The third-order valence-electron chi connectivity index (χ3n) is 2.95. The Bertz CT molecular complexity index is 430. The first-order chi connectivity index (χ1) is 9.11. The van der Waals surface area contributed by atoms with E-state index in [1.165, 1.54) is 0 Å². The molecule has 3 unspecified atom stereocenters. The fourth-order valence-electron chi connectivity index (χ4n) is 1.85. The maximum absolute atomic E-state index is 6.08. The van der Waals surface area contributed by atoms with Crippen LogP contribution in [0.1, 0.15) is 6.42 Å². The van der Waals surface area contributed by atoms with Gasteiger partial charge in [0.25, 0.3) is 0 Å². The summed E-state index contributed by atoms with van der Waals surface area (Å²) in [5.41, 5.74) is 0. The summed E-state index contributed by atoms with van der Waals surface area (Å²) >= 11 is 15.6. The van der Waals surface area contributed by atoms with Crippen LogP contribution in [0, 0.1) is 0 Å². The summed E-state index contributed by atoms with van der Waals surface area (Å²) in [5.74, 6) is 0.596. The van der Waals surface area contributed by atoms with Crippen LogP contribution in [0.2, 0.25) is 10.0 Å². The van der Waals surface area contributed by atoms with Crippen molar-refractivity contribution in [2.24, 2.45) is 0 Å². The van der Waals surface area contributed by atoms with Gasteiger partial charge in [0.2, 0.25) is 0 Å². The van der Waals surface area contributed by atoms with Crippen LogP contribution in [0.3, 0.4) is 0 Å². The van der Waals surface area contributed by atoms with Crippen LogP contribution in [0.5, 0.6) is 5.75 Å². The van der Waals surface area contributed by atoms with E-state index in [1.807, 2.05) is 0 Å². The fourth-order valence-corrected chi connectivity index (χ4v) is 3.04. The smallest absolute Gasteiger partial charge is 0.139 e. The van der Waals surface area contributed by atoms with Gasteiger partial charge >= 0.3 is 0 Å². The molecule has 1 saturated carbocycles. The Morgan fingerprint density at radius 2 is 2.11 bits per heavy atom. The summed E-state index contributed by atoms with van der Waals surface area (Å²) in [4.78, 5) is 0.298. The normalized spacial score (nSPS) is 26.0. The number of methoxy groups -OCH3 is 1. The van der Waals surface area contributed by atoms with Gasteiger partial charge in [0.15, 0.2) is 0 Å². The van der Waals surface area contributed by atoms with Gasteiger partial charge in [0.05, 0.1) is 18.2 Å². The standard InChI is InChI=1S/C13H15BrCl2O3/c1-17-4-5-18-13-9(14)7-12(13)19-11-6-8(15)2-3-10(11)16/h2-3,6,9,12-13H,4-5,7H2,1H3. The summed E-state index contributed by atoms with van der Waals surface area (Å²) in [6.45, 7) is 1.12. The molecule has 106 valence electrons. The van der Waals surface area contributed by atoms with Gasteiger partial charge in [-0.2, -0.15) is 0 Å². The zero-order valence-corrected chi connectivity index (χ0v) is 13.5. The van der Waals surface area contributed by atoms with Crippen LogP contribution in [-0.2, 0) is 9.47 Å². The SMILES string of the molecule is COCCOC1C(Br)CC1Oc1cc(Cl)ccc1Cl. The van der Waals surface area contributed by atoms with E-state index in [9.17, 15) is 0 Å². The highest BCUT2D eigenvalue weighted by Crippen LogP contribution is 2.37. The van der Waals surface area contributed by atoms with E-state index in [0.29, 0.717) is 33.8 Å². The number of benzene rings is 1. The lowest BCUT2D eigenvalue weighted by Gasteiger charge is -2.41. The molecule has 0 bridgehead atoms. The monoisotopic (exact) mass is 368 g/mol. The molecule has 0 aliphatic heterocycles. The maximum atomic E-state index is 6.08. The summed E-state index contributed by atoms with van der Waals surface area (Å²) < 4.78 is 16.5. The van der Waals surface area contributed by atoms with Crippen molar-refractivity contribution in [3.8, 4) is 5.75 Å². The number of rotatable bonds is 6. The van der Waals surface area contributed by atoms with Crippen LogP contribution >= 0.6 is 39.1 Å². The van der Waals surface area contributed by atoms with Crippen molar-refractivity contribution in [3.63, 3.8) is 0 Å². The highest BCUT2D eigenvalue weighted by molar-refractivity contribution is 9.09. The van der Waals surface area contributed by atoms with Crippen molar-refractivity contribution in [3.05, 3.63) is 28.2 Å². The molecule has 19 heavy (non-hydrogen) atoms. The van der Waals surface area contributed by atoms with E-state index >= 15 is 0 Å². The molecule has 3 atom stereocenters. The number of hydrogen-bond acceptors (Lipinski definition) is 3. The highest BCUT2D eigenvalue weighted by atomic mass is 79.9. The molecule has 0 saturated heterocycles. The first-order valence-corrected chi connectivity index (χ1v) is 7.65. The van der Waals surface area contributed by atoms with Gasteiger partial charge < -0.3 is 14.2 Å². The van der Waals surface area contributed by atoms with Crippen molar-refractivity contribution in [1.29, 1.82) is 0 Å². The molecular weight excluding hydrogens is 355 g/mol. The lowest BCUT2D eigenvalue weighted by atomic mass is 9.91. The maximum Gasteiger partial charge on any atom is 0.139 e. The molecule has 1 aromatic rings. The minimum absolute atomic E-state index is 0.00481. The van der Waals surface area contributed by atoms with Crippen molar-refractivity contribution in [2.45, 2.75) is 23.5 Å². The minimum atomic E-state index is -0.0165. The van der Waals surface area contributed by atoms with E-state index in [2.05, 4.69) is 15.9 Å². The van der Waals surface area contributed by atoms with E-state index in [0.717, 1.165) is 6.42 Å². The van der Waals surface area contributed by atoms with E-state index < -0.39 is 0 Å². The van der Waals surface area contributed by atoms with Crippen LogP contribution in [0.15, 0.2) is 18.2 Å². The molecule has 1 fully saturated rings. The number of halogens is 3. The van der Waals surface area contributed by atoms with Gasteiger partial charge in [-0.15, -0.1) is 0 Å². The first kappa shape index (κ1) is 15.4. The Labute approximate surface area is 131 Å². The van der Waals surface area contributed by atoms with Gasteiger partial charge in [-0.05, 0) is 12.1 Å². The van der Waals surface area contributed by atoms with Crippen LogP contribution < -0.4 is 4.74 Å². The van der Waals surface area contributed by atoms with Gasteiger partial charge in [-0.1, -0.05) is 39.1 Å². The van der Waals surface area contributed by atoms with Crippen molar-refractivity contribution >= 4 is 39.1 Å². The predicted octanol–water partition coefficient (Wildman–Crippen LogP) is 3.94. The zero-order chi connectivity index (χ0) is 13.8. The molecule has 0 N–H and O–H groups in total. The van der Waals surface area contributed by atoms with Crippen molar-refractivity contribution in [2.75, 3.05) is 20.3 Å². The fraction of sp³-hybridized carbons (Fsp3) is 0.538. The van der Waals surface area contributed by atoms with Gasteiger partial charge in [-0.25, -0.2) is 0 Å². The van der Waals surface area contributed by atoms with E-state index in [-0.39, 0.29) is 12.2 Å². The predicted molar refractivity (Wildman–Crippen MR) is 79.8 cm³/mol. The lowest BCUT2D eigenvalue weighted by molar-refractivity contribution is -0.0865. The average molecular weight is 370 g/mol. The number of hydrogen-bond donors (Lipinski definition) is 0. The van der Waals surface area contributed by atoms with Gasteiger partial charge in [0, 0.05) is 29.4 Å². The molecule has 0 aromatic heterocycles. The largest absolute Gasteiger partial charge is 0.486 e. The summed E-state index contributed by atoms with van der Waals surface area (Å²) in [7, 11) is 1.65. The van der Waals surface area contributed by atoms with Crippen molar-refractivity contribution in [1.82, 2.24) is 0 Å². The number of alkyl halides is 1. The second-order valence-corrected chi connectivity index (χ2v) is 6.33. The quantitative estimate of drug-likeness (QED) is 0.561. The molecule has 1 aliphatic carbocycles. The molecule has 3 nitrogen and oxygen atoms in total. The molecule has 1 aliphatic rings. The van der Waals surface area contributed by atoms with Gasteiger partial charge in [-0.3, -0.25) is 0 Å². The lowest BCUT2D eigenvalue weighted by Crippen LogP contribution is -2.52. The van der Waals surface area contributed by atoms with Crippen LogP contribution in [0.25, 0.3) is 0 Å². The molecule has 1 aromatic carbocycles. The molecule has 0 spiro atoms. The topological polar surface area (TPSA) is 27.7 Å². The molecular formula is C13H15BrCl2O3. The summed E-state index contributed by atoms with van der Waals surface area (Å²) in [5, 5.41) is 1.16. The van der Waals surface area contributed by atoms with Crippen LogP contribution in [-0.4, -0.2) is 37.4 Å². The Kier molecular flexibility index (Phi) is 5.78. The Morgan fingerprint density at radius 3 is 2.79 bits per heavy atom. The molecule has 0 heterocycles. The van der Waals surface area contributed by atoms with E-state index in [4.69, 9.17) is 37.4 Å². The van der Waals surface area contributed by atoms with Crippen molar-refractivity contribution < 1.29 is 14.2 Å². The second-order valence-electron chi connectivity index (χ2n) is 4.31. The zero-order valence-electron chi connectivity index (χ0n) is 10.4. The highest BCUT2D eigenvalue weighted by Gasteiger charge is 2.42. The average Bonchev–Trinajstić information content (AvgIpc) is 2.38. The molecule has 2 rings (SSSR count). The van der Waals surface area contributed by atoms with E-state index in [1.54, 1.807) is 25.3 Å². The summed E-state index contributed by atoms with van der Waals surface area (Å²) in [6.07, 6.45) is 0.864. The molecule has 0 amide bonds. The third-order valence-corrected chi connectivity index (χ3v) is 4.39. The van der Waals surface area contributed by atoms with Crippen LogP contribution in [0.4, 0.5) is 0 Å².